The first-order valence-corrected chi connectivity index (χ1v) is 8.29. The molecule has 21 heavy (non-hydrogen) atoms. The molecule has 0 aliphatic carbocycles. The number of nitrogen functional groups attached to an aromatic ring is 1. The highest BCUT2D eigenvalue weighted by atomic mass is 79.9. The third-order valence-electron chi connectivity index (χ3n) is 2.67. The van der Waals surface area contributed by atoms with Crippen molar-refractivity contribution in [1.29, 1.82) is 0 Å². The van der Waals surface area contributed by atoms with Crippen molar-refractivity contribution in [2.24, 2.45) is 0 Å². The van der Waals surface area contributed by atoms with Gasteiger partial charge < -0.3 is 15.8 Å². The topological polar surface area (TPSA) is 102 Å². The van der Waals surface area contributed by atoms with Gasteiger partial charge in [-0.1, -0.05) is 0 Å². The first-order chi connectivity index (χ1) is 9.78. The van der Waals surface area contributed by atoms with Crippen LogP contribution in [-0.2, 0) is 19.6 Å². The van der Waals surface area contributed by atoms with E-state index >= 15 is 0 Å². The molecule has 0 spiro atoms. The van der Waals surface area contributed by atoms with E-state index in [-0.39, 0.29) is 11.4 Å². The summed E-state index contributed by atoms with van der Waals surface area (Å²) in [6.45, 7) is 0.419. The predicted octanol–water partition coefficient (Wildman–Crippen LogP) is 0.414. The Kier molecular flexibility index (Phi) is 6.59. The lowest BCUT2D eigenvalue weighted by atomic mass is 10.3. The highest BCUT2D eigenvalue weighted by molar-refractivity contribution is 9.10. The number of nitrogens with two attached hydrogens (primary N) is 1. The summed E-state index contributed by atoms with van der Waals surface area (Å²) < 4.78 is 31.0. The van der Waals surface area contributed by atoms with Crippen LogP contribution in [0, 0.1) is 0 Å². The van der Waals surface area contributed by atoms with Gasteiger partial charge in [0.2, 0.25) is 15.9 Å². The average molecular weight is 380 g/mol. The Morgan fingerprint density at radius 1 is 1.48 bits per heavy atom. The van der Waals surface area contributed by atoms with E-state index in [0.717, 1.165) is 4.31 Å². The molecule has 0 radical (unpaired) electrons. The quantitative estimate of drug-likeness (QED) is 0.527. The molecule has 0 aliphatic rings. The number of nitrogens with one attached hydrogen (secondary N) is 1. The molecule has 1 amide bonds. The molecule has 118 valence electrons. The van der Waals surface area contributed by atoms with E-state index in [9.17, 15) is 13.2 Å². The summed E-state index contributed by atoms with van der Waals surface area (Å²) in [7, 11) is -0.912. The smallest absolute Gasteiger partial charge is 0.243 e. The Morgan fingerprint density at radius 3 is 2.71 bits per heavy atom. The number of carbonyl (C=O) groups is 1. The monoisotopic (exact) mass is 379 g/mol. The van der Waals surface area contributed by atoms with Crippen LogP contribution in [0.25, 0.3) is 0 Å². The number of halogens is 1. The van der Waals surface area contributed by atoms with Crippen molar-refractivity contribution in [2.75, 3.05) is 39.6 Å². The molecule has 7 nitrogen and oxygen atoms in total. The highest BCUT2D eigenvalue weighted by Gasteiger charge is 2.23. The zero-order valence-electron chi connectivity index (χ0n) is 11.8. The van der Waals surface area contributed by atoms with Crippen LogP contribution in [0.5, 0.6) is 0 Å². The Hall–Kier alpha value is -1.16. The molecule has 0 unspecified atom stereocenters. The van der Waals surface area contributed by atoms with Crippen molar-refractivity contribution in [2.45, 2.75) is 4.90 Å². The average Bonchev–Trinajstić information content (AvgIpc) is 2.41. The predicted molar refractivity (Wildman–Crippen MR) is 83.3 cm³/mol. The normalized spacial score (nSPS) is 11.6. The number of amides is 1. The van der Waals surface area contributed by atoms with Crippen molar-refractivity contribution >= 4 is 37.5 Å². The Labute approximate surface area is 132 Å². The van der Waals surface area contributed by atoms with Crippen LogP contribution in [0.1, 0.15) is 0 Å². The van der Waals surface area contributed by atoms with Crippen molar-refractivity contribution in [3.8, 4) is 0 Å². The van der Waals surface area contributed by atoms with Crippen LogP contribution in [0.15, 0.2) is 27.6 Å². The molecule has 0 atom stereocenters. The molecule has 1 aromatic rings. The number of sulfonamides is 1. The zero-order valence-corrected chi connectivity index (χ0v) is 14.2. The van der Waals surface area contributed by atoms with Crippen LogP contribution < -0.4 is 11.1 Å². The number of rotatable bonds is 7. The Bertz CT molecular complexity index is 607. The number of hydrogen-bond donors (Lipinski definition) is 2. The lowest BCUT2D eigenvalue weighted by molar-refractivity contribution is -0.121. The summed E-state index contributed by atoms with van der Waals surface area (Å²) in [5, 5.41) is 2.56. The maximum atomic E-state index is 12.3. The summed E-state index contributed by atoms with van der Waals surface area (Å²) in [5.41, 5.74) is 5.99. The summed E-state index contributed by atoms with van der Waals surface area (Å²) in [4.78, 5) is 11.7. The fraction of sp³-hybridized carbons (Fsp3) is 0.417. The van der Waals surface area contributed by atoms with Gasteiger partial charge in [0.1, 0.15) is 0 Å². The van der Waals surface area contributed by atoms with Gasteiger partial charge in [-0.05, 0) is 34.1 Å². The third kappa shape index (κ3) is 4.95. The molecule has 1 rings (SSSR count). The fourth-order valence-electron chi connectivity index (χ4n) is 1.50. The van der Waals surface area contributed by atoms with Gasteiger partial charge in [0.25, 0.3) is 0 Å². The molecule has 0 aromatic heterocycles. The van der Waals surface area contributed by atoms with Gasteiger partial charge in [-0.15, -0.1) is 0 Å². The number of hydrogen-bond acceptors (Lipinski definition) is 5. The largest absolute Gasteiger partial charge is 0.398 e. The van der Waals surface area contributed by atoms with Crippen molar-refractivity contribution < 1.29 is 17.9 Å². The van der Waals surface area contributed by atoms with E-state index in [4.69, 9.17) is 10.5 Å². The number of benzene rings is 1. The number of carbonyl (C=O) groups excluding carboxylic acids is 1. The molecule has 0 heterocycles. The first kappa shape index (κ1) is 17.9. The maximum Gasteiger partial charge on any atom is 0.243 e. The van der Waals surface area contributed by atoms with E-state index < -0.39 is 15.9 Å². The van der Waals surface area contributed by atoms with Gasteiger partial charge in [0.15, 0.2) is 0 Å². The number of methoxy groups -OCH3 is 1. The number of anilines is 1. The van der Waals surface area contributed by atoms with Crippen LogP contribution in [-0.4, -0.2) is 52.5 Å². The van der Waals surface area contributed by atoms with Crippen LogP contribution in [0.2, 0.25) is 0 Å². The first-order valence-electron chi connectivity index (χ1n) is 6.06. The van der Waals surface area contributed by atoms with E-state index in [1.165, 1.54) is 26.3 Å². The van der Waals surface area contributed by atoms with Crippen molar-refractivity contribution in [3.63, 3.8) is 0 Å². The van der Waals surface area contributed by atoms with Crippen LogP contribution in [0.4, 0.5) is 5.69 Å². The molecule has 0 saturated carbocycles. The van der Waals surface area contributed by atoms with Gasteiger partial charge in [0, 0.05) is 30.9 Å². The van der Waals surface area contributed by atoms with E-state index in [1.807, 2.05) is 0 Å². The van der Waals surface area contributed by atoms with E-state index in [0.29, 0.717) is 23.3 Å². The third-order valence-corrected chi connectivity index (χ3v) is 5.19. The van der Waals surface area contributed by atoms with Gasteiger partial charge in [0.05, 0.1) is 18.0 Å². The van der Waals surface area contributed by atoms with Crippen LogP contribution >= 0.6 is 15.9 Å². The summed E-state index contributed by atoms with van der Waals surface area (Å²) >= 11 is 3.20. The van der Waals surface area contributed by atoms with E-state index in [2.05, 4.69) is 21.2 Å². The molecule has 3 N–H and O–H groups in total. The van der Waals surface area contributed by atoms with Gasteiger partial charge >= 0.3 is 0 Å². The Balaban J connectivity index is 2.77. The maximum absolute atomic E-state index is 12.3. The molecular weight excluding hydrogens is 362 g/mol. The minimum absolute atomic E-state index is 0.0374. The molecule has 0 aliphatic heterocycles. The molecule has 1 aromatic carbocycles. The summed E-state index contributed by atoms with van der Waals surface area (Å²) in [5.74, 6) is -0.400. The molecule has 0 fully saturated rings. The molecular formula is C12H18BrN3O4S. The number of ether oxygens (including phenoxy) is 1. The SMILES string of the molecule is COCCNC(=O)CN(C)S(=O)(=O)c1ccc(Br)c(N)c1. The molecule has 0 bridgehead atoms. The zero-order chi connectivity index (χ0) is 16.0. The number of likely N-dealkylation sites (N-methyl/N-ethyl adjacent to an activating group) is 1. The molecule has 0 saturated heterocycles. The summed E-state index contributed by atoms with van der Waals surface area (Å²) in [6, 6.07) is 4.32. The van der Waals surface area contributed by atoms with Crippen molar-refractivity contribution in [3.05, 3.63) is 22.7 Å². The van der Waals surface area contributed by atoms with Crippen molar-refractivity contribution in [1.82, 2.24) is 9.62 Å². The highest BCUT2D eigenvalue weighted by Crippen LogP contribution is 2.24. The van der Waals surface area contributed by atoms with Gasteiger partial charge in [-0.2, -0.15) is 4.31 Å². The second-order valence-corrected chi connectivity index (χ2v) is 7.19. The van der Waals surface area contributed by atoms with E-state index in [1.54, 1.807) is 6.07 Å². The minimum Gasteiger partial charge on any atom is -0.398 e. The fourth-order valence-corrected chi connectivity index (χ4v) is 2.91. The lowest BCUT2D eigenvalue weighted by Gasteiger charge is -2.17. The minimum atomic E-state index is -3.76. The summed E-state index contributed by atoms with van der Waals surface area (Å²) in [6.07, 6.45) is 0. The second kappa shape index (κ2) is 7.74. The van der Waals surface area contributed by atoms with Gasteiger partial charge in [-0.3, -0.25) is 4.79 Å². The second-order valence-electron chi connectivity index (χ2n) is 4.29. The standard InChI is InChI=1S/C12H18BrN3O4S/c1-16(8-12(17)15-5-6-20-2)21(18,19)9-3-4-10(13)11(14)7-9/h3-4,7H,5-6,8,14H2,1-2H3,(H,15,17). The number of nitrogens with zero attached hydrogens (tertiary/aromatic N) is 1. The van der Waals surface area contributed by atoms with Crippen LogP contribution in [0.3, 0.4) is 0 Å². The molecule has 9 heteroatoms. The van der Waals surface area contributed by atoms with Gasteiger partial charge in [-0.25, -0.2) is 8.42 Å². The Morgan fingerprint density at radius 2 is 2.14 bits per heavy atom. The lowest BCUT2D eigenvalue weighted by Crippen LogP contribution is -2.39.